The number of aromatic nitrogens is 2. The van der Waals surface area contributed by atoms with Gasteiger partial charge < -0.3 is 4.90 Å². The smallest absolute Gasteiger partial charge is 0.270 e. The third-order valence-corrected chi connectivity index (χ3v) is 6.99. The standard InChI is InChI=1S/C22H28N4O2/c1-15-4-2-7-20-23-10-19(22(28)26(15)20)21(27)25-13-17-8-9-18(14-25)24(12-17)11-16-5-3-6-16/h2,4,7,10,16-18H,3,5-6,8-9,11-14H2,1H3/t17-,18-/m1/s1. The maximum absolute atomic E-state index is 13.3. The summed E-state index contributed by atoms with van der Waals surface area (Å²) in [4.78, 5) is 35.2. The third kappa shape index (κ3) is 3.04. The van der Waals surface area contributed by atoms with Crippen LogP contribution < -0.4 is 5.56 Å². The first-order chi connectivity index (χ1) is 13.6. The number of piperidine rings is 1. The van der Waals surface area contributed by atoms with E-state index >= 15 is 0 Å². The van der Waals surface area contributed by atoms with Gasteiger partial charge in [-0.25, -0.2) is 4.98 Å². The van der Waals surface area contributed by atoms with E-state index in [1.54, 1.807) is 10.5 Å². The average Bonchev–Trinajstić information content (AvgIpc) is 2.96. The summed E-state index contributed by atoms with van der Waals surface area (Å²) >= 11 is 0. The summed E-state index contributed by atoms with van der Waals surface area (Å²) in [6.45, 7) is 5.64. The minimum Gasteiger partial charge on any atom is -0.337 e. The molecule has 4 aliphatic rings. The highest BCUT2D eigenvalue weighted by Crippen LogP contribution is 2.33. The van der Waals surface area contributed by atoms with Crippen LogP contribution in [0.2, 0.25) is 0 Å². The van der Waals surface area contributed by atoms with Crippen LogP contribution in [-0.4, -0.2) is 57.3 Å². The van der Waals surface area contributed by atoms with Crippen molar-refractivity contribution < 1.29 is 4.79 Å². The fraction of sp³-hybridized carbons (Fsp3) is 0.591. The number of hydrogen-bond acceptors (Lipinski definition) is 4. The van der Waals surface area contributed by atoms with Crippen LogP contribution in [0.15, 0.2) is 29.2 Å². The van der Waals surface area contributed by atoms with E-state index in [9.17, 15) is 9.59 Å². The number of carbonyl (C=O) groups excluding carboxylic acids is 1. The Morgan fingerprint density at radius 3 is 2.79 bits per heavy atom. The Kier molecular flexibility index (Phi) is 4.46. The normalized spacial score (nSPS) is 25.7. The van der Waals surface area contributed by atoms with E-state index in [4.69, 9.17) is 0 Å². The molecule has 28 heavy (non-hydrogen) atoms. The Labute approximate surface area is 165 Å². The molecular formula is C22H28N4O2. The second-order valence-electron chi connectivity index (χ2n) is 8.90. The fourth-order valence-corrected chi connectivity index (χ4v) is 5.17. The molecule has 3 saturated heterocycles. The molecule has 0 spiro atoms. The monoisotopic (exact) mass is 380 g/mol. The van der Waals surface area contributed by atoms with Crippen LogP contribution in [-0.2, 0) is 0 Å². The van der Waals surface area contributed by atoms with Gasteiger partial charge in [-0.15, -0.1) is 0 Å². The van der Waals surface area contributed by atoms with Crippen molar-refractivity contribution in [1.82, 2.24) is 19.2 Å². The SMILES string of the molecule is Cc1cccc2ncc(C(=O)N3C[C@@H]4CC[C@H](C3)N(CC3CCC3)C4)c(=O)n12. The molecule has 148 valence electrons. The third-order valence-electron chi connectivity index (χ3n) is 6.99. The minimum absolute atomic E-state index is 0.155. The zero-order chi connectivity index (χ0) is 19.3. The maximum Gasteiger partial charge on any atom is 0.270 e. The van der Waals surface area contributed by atoms with Crippen LogP contribution in [0.3, 0.4) is 0 Å². The summed E-state index contributed by atoms with van der Waals surface area (Å²) < 4.78 is 1.54. The van der Waals surface area contributed by atoms with Crippen LogP contribution in [0.1, 0.15) is 48.2 Å². The number of carbonyl (C=O) groups is 1. The van der Waals surface area contributed by atoms with Crippen molar-refractivity contribution in [3.63, 3.8) is 0 Å². The van der Waals surface area contributed by atoms with Gasteiger partial charge in [0.15, 0.2) is 0 Å². The topological polar surface area (TPSA) is 57.9 Å². The molecule has 6 nitrogen and oxygen atoms in total. The number of amides is 1. The Balaban J connectivity index is 1.41. The average molecular weight is 380 g/mol. The summed E-state index contributed by atoms with van der Waals surface area (Å²) in [6, 6.07) is 5.98. The molecule has 6 heteroatoms. The zero-order valence-electron chi connectivity index (χ0n) is 16.5. The Hall–Kier alpha value is -2.21. The number of nitrogens with zero attached hydrogens (tertiary/aromatic N) is 4. The van der Waals surface area contributed by atoms with Gasteiger partial charge in [0.1, 0.15) is 11.2 Å². The highest BCUT2D eigenvalue weighted by Gasteiger charge is 2.38. The molecule has 0 unspecified atom stereocenters. The number of pyridine rings is 1. The first-order valence-corrected chi connectivity index (χ1v) is 10.6. The fourth-order valence-electron chi connectivity index (χ4n) is 5.17. The number of aryl methyl sites for hydroxylation is 1. The van der Waals surface area contributed by atoms with Crippen molar-refractivity contribution in [3.05, 3.63) is 46.0 Å². The predicted molar refractivity (Wildman–Crippen MR) is 108 cm³/mol. The highest BCUT2D eigenvalue weighted by atomic mass is 16.2. The van der Waals surface area contributed by atoms with E-state index in [0.717, 1.165) is 37.7 Å². The Bertz CT molecular complexity index is 965. The van der Waals surface area contributed by atoms with Crippen LogP contribution in [0.4, 0.5) is 0 Å². The molecule has 2 aromatic rings. The van der Waals surface area contributed by atoms with Crippen LogP contribution in [0.25, 0.3) is 5.65 Å². The summed E-state index contributed by atoms with van der Waals surface area (Å²) in [5.41, 5.74) is 1.33. The first-order valence-electron chi connectivity index (χ1n) is 10.6. The molecule has 0 radical (unpaired) electrons. The molecule has 3 aliphatic heterocycles. The number of rotatable bonds is 3. The van der Waals surface area contributed by atoms with Crippen LogP contribution in [0.5, 0.6) is 0 Å². The van der Waals surface area contributed by atoms with Gasteiger partial charge in [-0.05, 0) is 56.6 Å². The van der Waals surface area contributed by atoms with Gasteiger partial charge in [0.25, 0.3) is 11.5 Å². The molecule has 2 atom stereocenters. The second-order valence-corrected chi connectivity index (χ2v) is 8.90. The van der Waals surface area contributed by atoms with Gasteiger partial charge in [0.2, 0.25) is 0 Å². The predicted octanol–water partition coefficient (Wildman–Crippen LogP) is 2.34. The summed E-state index contributed by atoms with van der Waals surface area (Å²) in [6.07, 6.45) is 7.90. The molecule has 1 amide bonds. The van der Waals surface area contributed by atoms with Gasteiger partial charge >= 0.3 is 0 Å². The molecule has 2 aromatic heterocycles. The lowest BCUT2D eigenvalue weighted by molar-refractivity contribution is 0.0715. The molecule has 6 rings (SSSR count). The quantitative estimate of drug-likeness (QED) is 0.820. The van der Waals surface area contributed by atoms with E-state index < -0.39 is 0 Å². The van der Waals surface area contributed by atoms with Crippen molar-refractivity contribution >= 4 is 11.6 Å². The van der Waals surface area contributed by atoms with Crippen molar-refractivity contribution in [3.8, 4) is 0 Å². The van der Waals surface area contributed by atoms with Gasteiger partial charge in [-0.1, -0.05) is 12.5 Å². The number of fused-ring (bicyclic) bond motifs is 5. The lowest BCUT2D eigenvalue weighted by atomic mass is 9.83. The van der Waals surface area contributed by atoms with Crippen LogP contribution in [0, 0.1) is 18.8 Å². The van der Waals surface area contributed by atoms with E-state index in [-0.39, 0.29) is 17.0 Å². The van der Waals surface area contributed by atoms with E-state index in [1.807, 2.05) is 24.0 Å². The summed E-state index contributed by atoms with van der Waals surface area (Å²) in [7, 11) is 0. The van der Waals surface area contributed by atoms with Crippen molar-refractivity contribution in [2.75, 3.05) is 26.2 Å². The lowest BCUT2D eigenvalue weighted by Gasteiger charge is -2.40. The maximum atomic E-state index is 13.3. The lowest BCUT2D eigenvalue weighted by Crippen LogP contribution is -2.47. The van der Waals surface area contributed by atoms with E-state index in [1.165, 1.54) is 38.4 Å². The zero-order valence-corrected chi connectivity index (χ0v) is 16.5. The minimum atomic E-state index is -0.254. The molecule has 0 aromatic carbocycles. The van der Waals surface area contributed by atoms with Crippen LogP contribution >= 0.6 is 0 Å². The molecule has 4 fully saturated rings. The summed E-state index contributed by atoms with van der Waals surface area (Å²) in [5, 5.41) is 0. The molecule has 0 N–H and O–H groups in total. The summed E-state index contributed by atoms with van der Waals surface area (Å²) in [5.74, 6) is 1.21. The number of hydrogen-bond donors (Lipinski definition) is 0. The first kappa shape index (κ1) is 17.9. The molecule has 5 heterocycles. The second kappa shape index (κ2) is 6.99. The highest BCUT2D eigenvalue weighted by molar-refractivity contribution is 5.94. The van der Waals surface area contributed by atoms with Crippen molar-refractivity contribution in [2.24, 2.45) is 11.8 Å². The molecule has 1 aliphatic carbocycles. The Morgan fingerprint density at radius 1 is 1.14 bits per heavy atom. The van der Waals surface area contributed by atoms with Gasteiger partial charge in [-0.2, -0.15) is 0 Å². The van der Waals surface area contributed by atoms with Gasteiger partial charge in [0.05, 0.1) is 0 Å². The van der Waals surface area contributed by atoms with E-state index in [2.05, 4.69) is 9.88 Å². The Morgan fingerprint density at radius 2 is 2.00 bits per heavy atom. The molecule has 2 bridgehead atoms. The van der Waals surface area contributed by atoms with Gasteiger partial charge in [-0.3, -0.25) is 18.9 Å². The molecular weight excluding hydrogens is 352 g/mol. The molecule has 1 saturated carbocycles. The van der Waals surface area contributed by atoms with Gasteiger partial charge in [0, 0.05) is 44.1 Å². The van der Waals surface area contributed by atoms with Crippen molar-refractivity contribution in [1.29, 1.82) is 0 Å². The van der Waals surface area contributed by atoms with E-state index in [0.29, 0.717) is 17.6 Å². The van der Waals surface area contributed by atoms with Crippen molar-refractivity contribution in [2.45, 2.75) is 45.1 Å². The largest absolute Gasteiger partial charge is 0.337 e.